The van der Waals surface area contributed by atoms with Crippen LogP contribution in [0.4, 0.5) is 5.69 Å². The Morgan fingerprint density at radius 3 is 2.14 bits per heavy atom. The first kappa shape index (κ1) is 21.7. The summed E-state index contributed by atoms with van der Waals surface area (Å²) in [6.45, 7) is 0. The molecule has 2 heterocycles. The summed E-state index contributed by atoms with van der Waals surface area (Å²) in [5, 5.41) is 0.477. The number of rotatable bonds is 3. The molecule has 2 aliphatic heterocycles. The maximum absolute atomic E-state index is 13.9. The predicted molar refractivity (Wildman–Crippen MR) is 126 cm³/mol. The summed E-state index contributed by atoms with van der Waals surface area (Å²) in [5.74, 6) is -4.32. The summed E-state index contributed by atoms with van der Waals surface area (Å²) in [5.41, 5.74) is -0.888. The molecule has 0 saturated carbocycles. The van der Waals surface area contributed by atoms with Gasteiger partial charge in [0.15, 0.2) is 0 Å². The third kappa shape index (κ3) is 2.82. The van der Waals surface area contributed by atoms with Crippen molar-refractivity contribution in [2.75, 3.05) is 12.0 Å². The molecule has 0 aromatic heterocycles. The molecule has 1 spiro atoms. The lowest BCUT2D eigenvalue weighted by molar-refractivity contribution is -0.127. The van der Waals surface area contributed by atoms with Crippen molar-refractivity contribution in [1.82, 2.24) is 0 Å². The number of fused-ring (bicyclic) bond motifs is 3. The van der Waals surface area contributed by atoms with E-state index < -0.39 is 46.9 Å². The van der Waals surface area contributed by atoms with Crippen LogP contribution >= 0.6 is 11.6 Å². The second-order valence-electron chi connectivity index (χ2n) is 8.75. The third-order valence-electron chi connectivity index (χ3n) is 7.03. The van der Waals surface area contributed by atoms with Gasteiger partial charge in [0.2, 0.25) is 29.0 Å². The standard InChI is InChI=1S/C27H18ClNO6/c1-34-17-6-4-5-16(13-17)29-25(32)20-21(26(29)33)27(35-22(20)14-9-11-15(28)12-10-14)23(30)18-7-2-3-8-19(18)24(27)31/h2-13,20-22H,1H3/t20-,21+,22+/m1/s1. The van der Waals surface area contributed by atoms with Crippen molar-refractivity contribution < 1.29 is 28.7 Å². The number of halogens is 1. The zero-order valence-corrected chi connectivity index (χ0v) is 19.2. The minimum Gasteiger partial charge on any atom is -0.497 e. The van der Waals surface area contributed by atoms with Gasteiger partial charge < -0.3 is 9.47 Å². The van der Waals surface area contributed by atoms with Gasteiger partial charge >= 0.3 is 0 Å². The number of benzene rings is 3. The lowest BCUT2D eigenvalue weighted by atomic mass is 9.77. The zero-order valence-electron chi connectivity index (χ0n) is 18.4. The van der Waals surface area contributed by atoms with Crippen LogP contribution in [0.25, 0.3) is 0 Å². The molecule has 7 nitrogen and oxygen atoms in total. The number of methoxy groups -OCH3 is 1. The molecular weight excluding hydrogens is 470 g/mol. The van der Waals surface area contributed by atoms with E-state index in [1.165, 1.54) is 7.11 Å². The molecule has 2 amide bonds. The van der Waals surface area contributed by atoms with Crippen molar-refractivity contribution in [2.24, 2.45) is 11.8 Å². The van der Waals surface area contributed by atoms with E-state index in [2.05, 4.69) is 0 Å². The first-order valence-electron chi connectivity index (χ1n) is 11.0. The number of hydrogen-bond acceptors (Lipinski definition) is 6. The molecule has 0 N–H and O–H groups in total. The first-order valence-corrected chi connectivity index (χ1v) is 11.4. The Hall–Kier alpha value is -3.81. The smallest absolute Gasteiger partial charge is 0.241 e. The Bertz CT molecular complexity index is 1400. The van der Waals surface area contributed by atoms with Gasteiger partial charge in [-0.25, -0.2) is 4.90 Å². The van der Waals surface area contributed by atoms with E-state index >= 15 is 0 Å². The van der Waals surface area contributed by atoms with Gasteiger partial charge in [-0.15, -0.1) is 0 Å². The number of carbonyl (C=O) groups excluding carboxylic acids is 4. The number of carbonyl (C=O) groups is 4. The van der Waals surface area contributed by atoms with E-state index in [4.69, 9.17) is 21.1 Å². The summed E-state index contributed by atoms with van der Waals surface area (Å²) in [4.78, 5) is 56.2. The van der Waals surface area contributed by atoms with Gasteiger partial charge in [-0.2, -0.15) is 0 Å². The van der Waals surface area contributed by atoms with Gasteiger partial charge in [0, 0.05) is 22.2 Å². The van der Waals surface area contributed by atoms with E-state index in [0.717, 1.165) is 4.90 Å². The molecule has 35 heavy (non-hydrogen) atoms. The molecule has 3 aromatic carbocycles. The molecule has 3 atom stereocenters. The number of Topliss-reactive ketones (excluding diaryl/α,β-unsaturated/α-hetero) is 2. The number of ketones is 2. The molecule has 8 heteroatoms. The van der Waals surface area contributed by atoms with Crippen LogP contribution in [0.2, 0.25) is 5.02 Å². The average Bonchev–Trinajstić information content (AvgIpc) is 3.44. The van der Waals surface area contributed by atoms with Crippen molar-refractivity contribution in [3.63, 3.8) is 0 Å². The van der Waals surface area contributed by atoms with Crippen LogP contribution in [0.3, 0.4) is 0 Å². The number of amides is 2. The number of nitrogens with zero attached hydrogens (tertiary/aromatic N) is 1. The fraction of sp³-hybridized carbons (Fsp3) is 0.185. The SMILES string of the molecule is COc1cccc(N2C(=O)[C@@H]3[C@@H](C2=O)C2(O[C@H]3c3ccc(Cl)cc3)C(=O)c3ccccc3C2=O)c1. The van der Waals surface area contributed by atoms with Gasteiger partial charge in [-0.3, -0.25) is 19.2 Å². The molecule has 0 bridgehead atoms. The van der Waals surface area contributed by atoms with Crippen LogP contribution in [0, 0.1) is 11.8 Å². The summed E-state index contributed by atoms with van der Waals surface area (Å²) in [6.07, 6.45) is -0.994. The molecule has 2 fully saturated rings. The van der Waals surface area contributed by atoms with E-state index in [-0.39, 0.29) is 11.1 Å². The highest BCUT2D eigenvalue weighted by molar-refractivity contribution is 6.37. The molecule has 3 aliphatic rings. The topological polar surface area (TPSA) is 90.0 Å². The third-order valence-corrected chi connectivity index (χ3v) is 7.28. The molecular formula is C27H18ClNO6. The highest BCUT2D eigenvalue weighted by Gasteiger charge is 2.74. The van der Waals surface area contributed by atoms with Gasteiger partial charge in [0.25, 0.3) is 0 Å². The zero-order chi connectivity index (χ0) is 24.5. The van der Waals surface area contributed by atoms with E-state index in [1.54, 1.807) is 72.8 Å². The second kappa shape index (κ2) is 7.60. The Morgan fingerprint density at radius 2 is 1.51 bits per heavy atom. The van der Waals surface area contributed by atoms with Crippen LogP contribution in [0.1, 0.15) is 32.4 Å². The van der Waals surface area contributed by atoms with Crippen molar-refractivity contribution in [1.29, 1.82) is 0 Å². The molecule has 3 aromatic rings. The van der Waals surface area contributed by atoms with Crippen molar-refractivity contribution in [3.05, 3.63) is 94.5 Å². The summed E-state index contributed by atoms with van der Waals surface area (Å²) >= 11 is 6.05. The maximum Gasteiger partial charge on any atom is 0.241 e. The minimum atomic E-state index is -2.11. The number of ether oxygens (including phenoxy) is 2. The number of imide groups is 1. The highest BCUT2D eigenvalue weighted by atomic mass is 35.5. The summed E-state index contributed by atoms with van der Waals surface area (Å²) < 4.78 is 11.5. The summed E-state index contributed by atoms with van der Waals surface area (Å²) in [7, 11) is 1.48. The van der Waals surface area contributed by atoms with Crippen LogP contribution in [0.15, 0.2) is 72.8 Å². The minimum absolute atomic E-state index is 0.188. The van der Waals surface area contributed by atoms with E-state index in [9.17, 15) is 19.2 Å². The fourth-order valence-corrected chi connectivity index (χ4v) is 5.60. The number of anilines is 1. The highest BCUT2D eigenvalue weighted by Crippen LogP contribution is 2.57. The average molecular weight is 488 g/mol. The van der Waals surface area contributed by atoms with Crippen molar-refractivity contribution in [2.45, 2.75) is 11.7 Å². The van der Waals surface area contributed by atoms with Crippen LogP contribution < -0.4 is 9.64 Å². The van der Waals surface area contributed by atoms with Gasteiger partial charge in [-0.05, 0) is 29.8 Å². The summed E-state index contributed by atoms with van der Waals surface area (Å²) in [6, 6.07) is 19.5. The molecule has 0 unspecified atom stereocenters. The Balaban J connectivity index is 1.54. The van der Waals surface area contributed by atoms with Crippen molar-refractivity contribution in [3.8, 4) is 5.75 Å². The Kier molecular flexibility index (Phi) is 4.71. The number of hydrogen-bond donors (Lipinski definition) is 0. The molecule has 0 radical (unpaired) electrons. The van der Waals surface area contributed by atoms with Crippen LogP contribution in [0.5, 0.6) is 5.75 Å². The monoisotopic (exact) mass is 487 g/mol. The second-order valence-corrected chi connectivity index (χ2v) is 9.18. The normalized spacial score (nSPS) is 24.3. The predicted octanol–water partition coefficient (Wildman–Crippen LogP) is 4.04. The Labute approximate surface area is 205 Å². The van der Waals surface area contributed by atoms with Crippen LogP contribution in [-0.2, 0) is 14.3 Å². The van der Waals surface area contributed by atoms with Crippen molar-refractivity contribution >= 4 is 40.7 Å². The quantitative estimate of drug-likeness (QED) is 0.409. The van der Waals surface area contributed by atoms with Crippen LogP contribution in [-0.4, -0.2) is 36.1 Å². The maximum atomic E-state index is 13.9. The first-order chi connectivity index (χ1) is 16.9. The van der Waals surface area contributed by atoms with E-state index in [1.807, 2.05) is 0 Å². The van der Waals surface area contributed by atoms with E-state index in [0.29, 0.717) is 22.0 Å². The Morgan fingerprint density at radius 1 is 0.857 bits per heavy atom. The largest absolute Gasteiger partial charge is 0.497 e. The fourth-order valence-electron chi connectivity index (χ4n) is 5.47. The lowest BCUT2D eigenvalue weighted by Crippen LogP contribution is -2.51. The molecule has 1 aliphatic carbocycles. The molecule has 2 saturated heterocycles. The molecule has 6 rings (SSSR count). The van der Waals surface area contributed by atoms with Gasteiger partial charge in [-0.1, -0.05) is 54.1 Å². The van der Waals surface area contributed by atoms with Gasteiger partial charge in [0.1, 0.15) is 5.75 Å². The molecule has 174 valence electrons. The lowest BCUT2D eigenvalue weighted by Gasteiger charge is -2.27. The van der Waals surface area contributed by atoms with Gasteiger partial charge in [0.05, 0.1) is 30.7 Å².